The lowest BCUT2D eigenvalue weighted by atomic mass is 10.2. The minimum Gasteiger partial charge on any atom is -0.441 e. The highest BCUT2D eigenvalue weighted by Gasteiger charge is 2.17. The minimum atomic E-state index is -3.91. The lowest BCUT2D eigenvalue weighted by molar-refractivity contribution is 0.246. The fourth-order valence-corrected chi connectivity index (χ4v) is 3.52. The molecule has 1 heterocycles. The lowest BCUT2D eigenvalue weighted by Gasteiger charge is -2.08. The molecule has 8 heteroatoms. The van der Waals surface area contributed by atoms with E-state index in [2.05, 4.69) is 10.3 Å². The van der Waals surface area contributed by atoms with Gasteiger partial charge in [-0.25, -0.2) is 22.9 Å². The number of amides is 2. The molecule has 0 aliphatic rings. The highest BCUT2D eigenvalue weighted by atomic mass is 32.2. The van der Waals surface area contributed by atoms with Crippen molar-refractivity contribution in [2.24, 2.45) is 0 Å². The number of benzene rings is 2. The van der Waals surface area contributed by atoms with Crippen molar-refractivity contribution < 1.29 is 17.6 Å². The molecule has 0 aliphatic carbocycles. The zero-order chi connectivity index (χ0) is 20.1. The molecule has 0 saturated carbocycles. The van der Waals surface area contributed by atoms with E-state index in [9.17, 15) is 13.2 Å². The Morgan fingerprint density at radius 2 is 1.71 bits per heavy atom. The number of nitrogens with one attached hydrogen (secondary N) is 2. The van der Waals surface area contributed by atoms with Crippen LogP contribution in [-0.2, 0) is 16.4 Å². The molecule has 3 aromatic rings. The molecule has 3 rings (SSSR count). The number of urea groups is 1. The van der Waals surface area contributed by atoms with Gasteiger partial charge in [-0.3, -0.25) is 0 Å². The van der Waals surface area contributed by atoms with Crippen molar-refractivity contribution in [1.29, 1.82) is 0 Å². The van der Waals surface area contributed by atoms with Crippen molar-refractivity contribution in [2.45, 2.75) is 25.2 Å². The summed E-state index contributed by atoms with van der Waals surface area (Å²) in [5.41, 5.74) is 2.51. The standard InChI is InChI=1S/C20H21N3O4S/c1-14-8-10-17(11-9-14)28(25,26)23-20(24)21-13-12-18-15(2)27-19(22-18)16-6-4-3-5-7-16/h3-11H,12-13H2,1-2H3,(H2,21,23,24). The number of nitrogens with zero attached hydrogens (tertiary/aromatic N) is 1. The fourth-order valence-electron chi connectivity index (χ4n) is 2.59. The van der Waals surface area contributed by atoms with Crippen LogP contribution in [0.1, 0.15) is 17.0 Å². The van der Waals surface area contributed by atoms with Crippen molar-refractivity contribution in [3.63, 3.8) is 0 Å². The number of oxazole rings is 1. The van der Waals surface area contributed by atoms with Crippen molar-refractivity contribution in [1.82, 2.24) is 15.0 Å². The number of carbonyl (C=O) groups excluding carboxylic acids is 1. The molecular weight excluding hydrogens is 378 g/mol. The first kappa shape index (κ1) is 19.6. The summed E-state index contributed by atoms with van der Waals surface area (Å²) in [4.78, 5) is 16.4. The van der Waals surface area contributed by atoms with Gasteiger partial charge >= 0.3 is 6.03 Å². The predicted molar refractivity (Wildman–Crippen MR) is 105 cm³/mol. The van der Waals surface area contributed by atoms with Crippen molar-refractivity contribution in [3.05, 3.63) is 71.6 Å². The van der Waals surface area contributed by atoms with Crippen LogP contribution in [0, 0.1) is 13.8 Å². The Morgan fingerprint density at radius 1 is 1.04 bits per heavy atom. The number of hydrogen-bond donors (Lipinski definition) is 2. The molecule has 2 amide bonds. The van der Waals surface area contributed by atoms with Gasteiger partial charge in [0.05, 0.1) is 10.6 Å². The van der Waals surface area contributed by atoms with E-state index >= 15 is 0 Å². The van der Waals surface area contributed by atoms with Gasteiger partial charge in [0.2, 0.25) is 5.89 Å². The molecule has 28 heavy (non-hydrogen) atoms. The third-order valence-electron chi connectivity index (χ3n) is 4.12. The molecule has 0 spiro atoms. The Labute approximate surface area is 163 Å². The Kier molecular flexibility index (Phi) is 5.79. The van der Waals surface area contributed by atoms with Crippen LogP contribution in [-0.4, -0.2) is 26.0 Å². The van der Waals surface area contributed by atoms with Gasteiger partial charge in [-0.05, 0) is 38.1 Å². The molecule has 1 aromatic heterocycles. The molecule has 146 valence electrons. The monoisotopic (exact) mass is 399 g/mol. The highest BCUT2D eigenvalue weighted by Crippen LogP contribution is 2.21. The van der Waals surface area contributed by atoms with E-state index in [1.54, 1.807) is 19.1 Å². The highest BCUT2D eigenvalue weighted by molar-refractivity contribution is 7.90. The largest absolute Gasteiger partial charge is 0.441 e. The smallest absolute Gasteiger partial charge is 0.328 e. The normalized spacial score (nSPS) is 11.2. The van der Waals surface area contributed by atoms with Crippen LogP contribution in [0.25, 0.3) is 11.5 Å². The van der Waals surface area contributed by atoms with Gasteiger partial charge < -0.3 is 9.73 Å². The van der Waals surface area contributed by atoms with Gasteiger partial charge in [-0.2, -0.15) is 0 Å². The van der Waals surface area contributed by atoms with Crippen LogP contribution in [0.5, 0.6) is 0 Å². The van der Waals surface area contributed by atoms with E-state index in [4.69, 9.17) is 4.42 Å². The molecule has 0 radical (unpaired) electrons. The molecule has 2 aromatic carbocycles. The third-order valence-corrected chi connectivity index (χ3v) is 5.47. The van der Waals surface area contributed by atoms with E-state index in [1.807, 2.05) is 42.0 Å². The van der Waals surface area contributed by atoms with Crippen molar-refractivity contribution in [3.8, 4) is 11.5 Å². The van der Waals surface area contributed by atoms with E-state index < -0.39 is 16.1 Å². The topological polar surface area (TPSA) is 101 Å². The van der Waals surface area contributed by atoms with Gasteiger partial charge in [0.25, 0.3) is 10.0 Å². The number of hydrogen-bond acceptors (Lipinski definition) is 5. The molecule has 0 aliphatic heterocycles. The maximum atomic E-state index is 12.2. The van der Waals surface area contributed by atoms with Crippen LogP contribution in [0.2, 0.25) is 0 Å². The number of sulfonamides is 1. The second kappa shape index (κ2) is 8.26. The van der Waals surface area contributed by atoms with Gasteiger partial charge in [-0.15, -0.1) is 0 Å². The summed E-state index contributed by atoms with van der Waals surface area (Å²) in [7, 11) is -3.91. The molecule has 0 bridgehead atoms. The van der Waals surface area contributed by atoms with Gasteiger partial charge in [0, 0.05) is 18.5 Å². The average Bonchev–Trinajstić information content (AvgIpc) is 3.03. The average molecular weight is 399 g/mol. The molecule has 7 nitrogen and oxygen atoms in total. The lowest BCUT2D eigenvalue weighted by Crippen LogP contribution is -2.40. The first-order valence-electron chi connectivity index (χ1n) is 8.74. The molecule has 0 saturated heterocycles. The number of aryl methyl sites for hydroxylation is 2. The minimum absolute atomic E-state index is 0.0353. The first-order valence-corrected chi connectivity index (χ1v) is 10.2. The number of aromatic nitrogens is 1. The number of carbonyl (C=O) groups is 1. The van der Waals surface area contributed by atoms with Gasteiger partial charge in [-0.1, -0.05) is 35.9 Å². The summed E-state index contributed by atoms with van der Waals surface area (Å²) in [5, 5.41) is 2.53. The third kappa shape index (κ3) is 4.77. The predicted octanol–water partition coefficient (Wildman–Crippen LogP) is 3.19. The van der Waals surface area contributed by atoms with Crippen molar-refractivity contribution in [2.75, 3.05) is 6.54 Å². The summed E-state index contributed by atoms with van der Waals surface area (Å²) < 4.78 is 32.1. The molecule has 0 fully saturated rings. The van der Waals surface area contributed by atoms with Crippen molar-refractivity contribution >= 4 is 16.1 Å². The van der Waals surface area contributed by atoms with Gasteiger partial charge in [0.1, 0.15) is 5.76 Å². The SMILES string of the molecule is Cc1ccc(S(=O)(=O)NC(=O)NCCc2nc(-c3ccccc3)oc2C)cc1. The molecule has 2 N–H and O–H groups in total. The van der Waals surface area contributed by atoms with Crippen LogP contribution in [0.4, 0.5) is 4.79 Å². The molecule has 0 unspecified atom stereocenters. The summed E-state index contributed by atoms with van der Waals surface area (Å²) in [6, 6.07) is 15.0. The Morgan fingerprint density at radius 3 is 2.39 bits per heavy atom. The molecule has 0 atom stereocenters. The first-order chi connectivity index (χ1) is 13.3. The summed E-state index contributed by atoms with van der Waals surface area (Å²) in [6.07, 6.45) is 0.417. The summed E-state index contributed by atoms with van der Waals surface area (Å²) in [5.74, 6) is 1.17. The van der Waals surface area contributed by atoms with Crippen LogP contribution in [0.3, 0.4) is 0 Å². The van der Waals surface area contributed by atoms with Crippen LogP contribution < -0.4 is 10.0 Å². The second-order valence-corrected chi connectivity index (χ2v) is 7.99. The Balaban J connectivity index is 1.56. The van der Waals surface area contributed by atoms with Crippen LogP contribution in [0.15, 0.2) is 63.9 Å². The maximum Gasteiger partial charge on any atom is 0.328 e. The Hall–Kier alpha value is -3.13. The second-order valence-electron chi connectivity index (χ2n) is 6.31. The van der Waals surface area contributed by atoms with E-state index in [1.165, 1.54) is 12.1 Å². The van der Waals surface area contributed by atoms with Crippen LogP contribution >= 0.6 is 0 Å². The zero-order valence-electron chi connectivity index (χ0n) is 15.6. The van der Waals surface area contributed by atoms with E-state index in [0.29, 0.717) is 23.8 Å². The fraction of sp³-hybridized carbons (Fsp3) is 0.200. The van der Waals surface area contributed by atoms with E-state index in [-0.39, 0.29) is 11.4 Å². The number of rotatable bonds is 6. The Bertz CT molecular complexity index is 1060. The molecular formula is C20H21N3O4S. The quantitative estimate of drug-likeness (QED) is 0.663. The maximum absolute atomic E-state index is 12.2. The van der Waals surface area contributed by atoms with Gasteiger partial charge in [0.15, 0.2) is 0 Å². The van der Waals surface area contributed by atoms with E-state index in [0.717, 1.165) is 11.1 Å². The zero-order valence-corrected chi connectivity index (χ0v) is 16.4. The summed E-state index contributed by atoms with van der Waals surface area (Å²) >= 11 is 0. The summed E-state index contributed by atoms with van der Waals surface area (Å²) in [6.45, 7) is 3.87.